The van der Waals surface area contributed by atoms with Gasteiger partial charge < -0.3 is 31.1 Å². The molecule has 0 unspecified atom stereocenters. The van der Waals surface area contributed by atoms with Crippen molar-refractivity contribution < 1.29 is 19.4 Å². The van der Waals surface area contributed by atoms with E-state index in [0.29, 0.717) is 12.2 Å². The van der Waals surface area contributed by atoms with E-state index in [1.54, 1.807) is 9.42 Å². The van der Waals surface area contributed by atoms with Crippen LogP contribution in [0.1, 0.15) is 67.2 Å². The van der Waals surface area contributed by atoms with Gasteiger partial charge in [0.25, 0.3) is 0 Å². The van der Waals surface area contributed by atoms with Gasteiger partial charge in [-0.3, -0.25) is 4.90 Å². The molecule has 0 aliphatic carbocycles. The van der Waals surface area contributed by atoms with Gasteiger partial charge in [0, 0.05) is 37.3 Å². The molecule has 0 bridgehead atoms. The molecule has 38 heavy (non-hydrogen) atoms. The number of nitrogen functional groups attached to an aromatic ring is 1. The van der Waals surface area contributed by atoms with Crippen LogP contribution in [-0.4, -0.2) is 86.2 Å². The van der Waals surface area contributed by atoms with Crippen molar-refractivity contribution >= 4 is 29.6 Å². The molecule has 0 radical (unpaired) electrons. The fourth-order valence-corrected chi connectivity index (χ4v) is 4.97. The Labute approximate surface area is 224 Å². The van der Waals surface area contributed by atoms with Crippen LogP contribution >= 0.6 is 0 Å². The van der Waals surface area contributed by atoms with Crippen molar-refractivity contribution in [1.82, 2.24) is 30.1 Å². The summed E-state index contributed by atoms with van der Waals surface area (Å²) in [5.41, 5.74) is 5.61. The van der Waals surface area contributed by atoms with Crippen LogP contribution in [0.5, 0.6) is 0 Å². The summed E-state index contributed by atoms with van der Waals surface area (Å²) in [6.07, 6.45) is 2.73. The van der Waals surface area contributed by atoms with Gasteiger partial charge >= 0.3 is 12.2 Å². The molecule has 4 rings (SSSR count). The van der Waals surface area contributed by atoms with Crippen molar-refractivity contribution in [2.75, 3.05) is 36.8 Å². The van der Waals surface area contributed by atoms with Gasteiger partial charge in [-0.25, -0.2) is 9.59 Å². The van der Waals surface area contributed by atoms with Crippen LogP contribution in [0.2, 0.25) is 0 Å². The predicted molar refractivity (Wildman–Crippen MR) is 148 cm³/mol. The summed E-state index contributed by atoms with van der Waals surface area (Å²) in [5.74, 6) is 1.18. The first-order valence-corrected chi connectivity index (χ1v) is 13.3. The summed E-state index contributed by atoms with van der Waals surface area (Å²) in [5, 5.41) is 19.6. The Balaban J connectivity index is 0.000000244. The third kappa shape index (κ3) is 8.11. The number of pyridine rings is 1. The number of amides is 2. The maximum atomic E-state index is 12.0. The van der Waals surface area contributed by atoms with Crippen LogP contribution in [0.3, 0.4) is 0 Å². The van der Waals surface area contributed by atoms with Crippen LogP contribution < -0.4 is 21.3 Å². The lowest BCUT2D eigenvalue weighted by Gasteiger charge is -2.41. The average Bonchev–Trinajstić information content (AvgIpc) is 3.18. The number of carbonyl (C=O) groups excluding carboxylic acids is 1. The van der Waals surface area contributed by atoms with E-state index in [1.807, 2.05) is 59.7 Å². The predicted octanol–water partition coefficient (Wildman–Crippen LogP) is 3.32. The van der Waals surface area contributed by atoms with Crippen molar-refractivity contribution in [3.8, 4) is 0 Å². The van der Waals surface area contributed by atoms with Crippen molar-refractivity contribution in [2.24, 2.45) is 0 Å². The Morgan fingerprint density at radius 3 is 2.53 bits per heavy atom. The number of carboxylic acid groups (broad SMARTS) is 1. The van der Waals surface area contributed by atoms with Crippen LogP contribution in [0.15, 0.2) is 18.2 Å². The highest BCUT2D eigenvalue weighted by Crippen LogP contribution is 2.22. The molecule has 2 fully saturated rings. The second-order valence-corrected chi connectivity index (χ2v) is 11.9. The molecule has 2 saturated heterocycles. The molecule has 12 nitrogen and oxygen atoms in total. The molecule has 2 atom stereocenters. The number of aromatic nitrogens is 3. The fourth-order valence-electron chi connectivity index (χ4n) is 4.97. The van der Waals surface area contributed by atoms with Crippen molar-refractivity contribution in [3.63, 3.8) is 0 Å². The fraction of sp³-hybridized carbons (Fsp3) is 0.692. The minimum atomic E-state index is -0.814. The molecule has 0 spiro atoms. The van der Waals surface area contributed by atoms with E-state index < -0.39 is 11.7 Å². The standard InChI is InChI=1S/C16H24N6O2.C10H20N2O2/c1-16(2,3)24-15(23)18-11-6-5-9-21(10-11)13-8-4-7-12-19-14(17)20-22(12)13;1-10(2,3)12(9(13)14)8-5-4-6-11-7-8/h4,7-8,11H,5-6,9-10H2,1-3H3,(H2,17,20)(H,18,23);8,11H,4-7H2,1-3H3,(H,13,14)/t11-;8-/m11/s1. The Kier molecular flexibility index (Phi) is 9.29. The third-order valence-electron chi connectivity index (χ3n) is 6.39. The first-order valence-electron chi connectivity index (χ1n) is 13.3. The van der Waals surface area contributed by atoms with Crippen LogP contribution in [-0.2, 0) is 4.74 Å². The van der Waals surface area contributed by atoms with Gasteiger partial charge in [0.05, 0.1) is 0 Å². The van der Waals surface area contributed by atoms with Gasteiger partial charge in [0.1, 0.15) is 11.4 Å². The smallest absolute Gasteiger partial charge is 0.408 e. The molecule has 5 N–H and O–H groups in total. The van der Waals surface area contributed by atoms with E-state index in [4.69, 9.17) is 15.6 Å². The number of anilines is 2. The Morgan fingerprint density at radius 1 is 1.18 bits per heavy atom. The lowest BCUT2D eigenvalue weighted by Crippen LogP contribution is -2.56. The zero-order valence-electron chi connectivity index (χ0n) is 23.5. The molecule has 0 aromatic carbocycles. The lowest BCUT2D eigenvalue weighted by molar-refractivity contribution is 0.0498. The number of piperidine rings is 2. The van der Waals surface area contributed by atoms with Crippen LogP contribution in [0.4, 0.5) is 21.4 Å². The van der Waals surface area contributed by atoms with E-state index in [2.05, 4.69) is 25.6 Å². The van der Waals surface area contributed by atoms with E-state index in [-0.39, 0.29) is 29.7 Å². The summed E-state index contributed by atoms with van der Waals surface area (Å²) in [6, 6.07) is 5.94. The SMILES string of the molecule is CC(C)(C)N(C(=O)O)[C@@H]1CCCNC1.CC(C)(C)OC(=O)N[C@@H]1CCCN(c2cccc3nc(N)nn23)C1. The Hall–Kier alpha value is -3.28. The molecular formula is C26H44N8O4. The summed E-state index contributed by atoms with van der Waals surface area (Å²) in [7, 11) is 0. The van der Waals surface area contributed by atoms with Crippen LogP contribution in [0, 0.1) is 0 Å². The van der Waals surface area contributed by atoms with Crippen molar-refractivity contribution in [2.45, 2.75) is 90.4 Å². The number of hydrogen-bond donors (Lipinski definition) is 4. The van der Waals surface area contributed by atoms with Gasteiger partial charge in [-0.2, -0.15) is 9.50 Å². The van der Waals surface area contributed by atoms with E-state index >= 15 is 0 Å². The van der Waals surface area contributed by atoms with E-state index in [0.717, 1.165) is 51.1 Å². The highest BCUT2D eigenvalue weighted by Gasteiger charge is 2.33. The molecule has 2 aromatic heterocycles. The monoisotopic (exact) mass is 532 g/mol. The number of ether oxygens (including phenoxy) is 1. The number of nitrogens with two attached hydrogens (primary N) is 1. The summed E-state index contributed by atoms with van der Waals surface area (Å²) in [4.78, 5) is 31.1. The van der Waals surface area contributed by atoms with Crippen LogP contribution in [0.25, 0.3) is 5.65 Å². The summed E-state index contributed by atoms with van der Waals surface area (Å²) >= 11 is 0. The second-order valence-electron chi connectivity index (χ2n) is 11.9. The number of carbonyl (C=O) groups is 2. The molecule has 2 amide bonds. The van der Waals surface area contributed by atoms with Gasteiger partial charge in [-0.05, 0) is 85.9 Å². The topological polar surface area (TPSA) is 150 Å². The summed E-state index contributed by atoms with van der Waals surface area (Å²) < 4.78 is 7.08. The van der Waals surface area contributed by atoms with Crippen molar-refractivity contribution in [1.29, 1.82) is 0 Å². The first kappa shape index (κ1) is 29.3. The third-order valence-corrected chi connectivity index (χ3v) is 6.39. The Morgan fingerprint density at radius 2 is 1.92 bits per heavy atom. The van der Waals surface area contributed by atoms with Gasteiger partial charge in [0.2, 0.25) is 5.95 Å². The molecule has 2 aliphatic heterocycles. The normalized spacial score (nSPS) is 20.3. The molecule has 2 aromatic rings. The molecule has 0 saturated carbocycles. The number of alkyl carbamates (subject to hydrolysis) is 1. The lowest BCUT2D eigenvalue weighted by atomic mass is 9.99. The Bertz CT molecular complexity index is 1090. The number of fused-ring (bicyclic) bond motifs is 1. The highest BCUT2D eigenvalue weighted by atomic mass is 16.6. The zero-order chi connectivity index (χ0) is 28.1. The number of nitrogens with zero attached hydrogens (tertiary/aromatic N) is 5. The first-order chi connectivity index (χ1) is 17.7. The molecule has 4 heterocycles. The van der Waals surface area contributed by atoms with E-state index in [1.165, 1.54) is 0 Å². The van der Waals surface area contributed by atoms with E-state index in [9.17, 15) is 9.59 Å². The quantitative estimate of drug-likeness (QED) is 0.467. The number of rotatable bonds is 3. The molecule has 2 aliphatic rings. The molecular weight excluding hydrogens is 488 g/mol. The summed E-state index contributed by atoms with van der Waals surface area (Å²) in [6.45, 7) is 14.8. The van der Waals surface area contributed by atoms with Gasteiger partial charge in [0.15, 0.2) is 5.65 Å². The maximum Gasteiger partial charge on any atom is 0.408 e. The zero-order valence-corrected chi connectivity index (χ0v) is 23.5. The minimum absolute atomic E-state index is 0.0322. The highest BCUT2D eigenvalue weighted by molar-refractivity contribution is 5.68. The second kappa shape index (κ2) is 12.1. The number of nitrogens with one attached hydrogen (secondary N) is 2. The van der Waals surface area contributed by atoms with Gasteiger partial charge in [-0.15, -0.1) is 5.10 Å². The van der Waals surface area contributed by atoms with Crippen molar-refractivity contribution in [3.05, 3.63) is 18.2 Å². The largest absolute Gasteiger partial charge is 0.465 e. The molecule has 12 heteroatoms. The number of hydrogen-bond acceptors (Lipinski definition) is 8. The van der Waals surface area contributed by atoms with Gasteiger partial charge in [-0.1, -0.05) is 6.07 Å². The minimum Gasteiger partial charge on any atom is -0.465 e. The molecule has 212 valence electrons. The maximum absolute atomic E-state index is 12.0. The average molecular weight is 533 g/mol.